The van der Waals surface area contributed by atoms with Crippen LogP contribution in [0.1, 0.15) is 50.8 Å². The van der Waals surface area contributed by atoms with Crippen LogP contribution in [0, 0.1) is 0 Å². The molecule has 2 aromatic carbocycles. The Labute approximate surface area is 161 Å². The summed E-state index contributed by atoms with van der Waals surface area (Å²) in [5.74, 6) is 1.74. The summed E-state index contributed by atoms with van der Waals surface area (Å²) in [6, 6.07) is 10.4. The van der Waals surface area contributed by atoms with Gasteiger partial charge in [0.25, 0.3) is 0 Å². The van der Waals surface area contributed by atoms with Crippen LogP contribution in [0.5, 0.6) is 11.5 Å². The van der Waals surface area contributed by atoms with Crippen molar-refractivity contribution < 1.29 is 9.47 Å². The lowest BCUT2D eigenvalue weighted by molar-refractivity contribution is 0.191. The first-order valence-electron chi connectivity index (χ1n) is 9.55. The third-order valence-corrected chi connectivity index (χ3v) is 5.38. The maximum atomic E-state index is 6.49. The Bertz CT molecular complexity index is 940. The van der Waals surface area contributed by atoms with Gasteiger partial charge in [-0.2, -0.15) is 0 Å². The summed E-state index contributed by atoms with van der Waals surface area (Å²) in [6.45, 7) is 10.5. The van der Waals surface area contributed by atoms with Crippen LogP contribution in [0.25, 0.3) is 16.7 Å². The van der Waals surface area contributed by atoms with E-state index in [1.165, 1.54) is 28.0 Å². The van der Waals surface area contributed by atoms with Crippen LogP contribution in [0.3, 0.4) is 0 Å². The molecule has 0 aromatic heterocycles. The third-order valence-electron chi connectivity index (χ3n) is 5.38. The molecule has 27 heavy (non-hydrogen) atoms. The smallest absolute Gasteiger partial charge is 0.131 e. The van der Waals surface area contributed by atoms with E-state index in [1.54, 1.807) is 7.11 Å². The van der Waals surface area contributed by atoms with Crippen molar-refractivity contribution in [3.05, 3.63) is 60.2 Å². The zero-order chi connectivity index (χ0) is 19.2. The van der Waals surface area contributed by atoms with Crippen molar-refractivity contribution in [1.82, 2.24) is 0 Å². The summed E-state index contributed by atoms with van der Waals surface area (Å²) in [5, 5.41) is 3.66. The lowest BCUT2D eigenvalue weighted by Gasteiger charge is -2.37. The number of rotatable bonds is 4. The Hall–Kier alpha value is -2.68. The van der Waals surface area contributed by atoms with Gasteiger partial charge in [0.15, 0.2) is 0 Å². The molecule has 3 heteroatoms. The van der Waals surface area contributed by atoms with Crippen LogP contribution >= 0.6 is 0 Å². The van der Waals surface area contributed by atoms with E-state index in [9.17, 15) is 0 Å². The Kier molecular flexibility index (Phi) is 4.26. The second-order valence-corrected chi connectivity index (χ2v) is 7.93. The van der Waals surface area contributed by atoms with E-state index in [2.05, 4.69) is 50.9 Å². The fourth-order valence-corrected chi connectivity index (χ4v) is 4.43. The first kappa shape index (κ1) is 17.7. The number of anilines is 1. The minimum atomic E-state index is -0.0624. The average molecular weight is 361 g/mol. The summed E-state index contributed by atoms with van der Waals surface area (Å²) in [4.78, 5) is 0. The second-order valence-electron chi connectivity index (χ2n) is 7.93. The standard InChI is InChI=1S/C24H27NO2/c1-6-7-9-20-23-16(22-18(26-5)10-8-11-19(22)27-20)12-13-17-21(23)15(2)14-24(3,4)25-17/h6,8,10-14,20,25H,1,7,9H2,2-5H3. The largest absolute Gasteiger partial charge is 0.496 e. The fraction of sp³-hybridized carbons (Fsp3) is 0.333. The molecule has 0 amide bonds. The molecule has 1 atom stereocenters. The molecule has 0 fully saturated rings. The maximum absolute atomic E-state index is 6.49. The number of hydrogen-bond donors (Lipinski definition) is 1. The summed E-state index contributed by atoms with van der Waals surface area (Å²) in [6.07, 6.45) is 6.08. The van der Waals surface area contributed by atoms with E-state index in [-0.39, 0.29) is 11.6 Å². The molecule has 4 rings (SSSR count). The Morgan fingerprint density at radius 2 is 2.04 bits per heavy atom. The summed E-state index contributed by atoms with van der Waals surface area (Å²) in [7, 11) is 1.72. The zero-order valence-corrected chi connectivity index (χ0v) is 16.6. The molecule has 0 saturated heterocycles. The number of methoxy groups -OCH3 is 1. The van der Waals surface area contributed by atoms with Gasteiger partial charge in [-0.05, 0) is 62.9 Å². The SMILES string of the molecule is C=CCCC1Oc2cccc(OC)c2-c2ccc3c(c21)C(C)=CC(C)(C)N3. The maximum Gasteiger partial charge on any atom is 0.131 e. The molecular formula is C24H27NO2. The van der Waals surface area contributed by atoms with Gasteiger partial charge >= 0.3 is 0 Å². The van der Waals surface area contributed by atoms with Crippen LogP contribution in [0.4, 0.5) is 5.69 Å². The predicted octanol–water partition coefficient (Wildman–Crippen LogP) is 6.37. The summed E-state index contributed by atoms with van der Waals surface area (Å²) >= 11 is 0. The highest BCUT2D eigenvalue weighted by Gasteiger charge is 2.34. The highest BCUT2D eigenvalue weighted by atomic mass is 16.5. The van der Waals surface area contributed by atoms with Crippen molar-refractivity contribution in [2.24, 2.45) is 0 Å². The number of hydrogen-bond acceptors (Lipinski definition) is 3. The number of ether oxygens (including phenoxy) is 2. The molecule has 0 radical (unpaired) electrons. The molecule has 140 valence electrons. The van der Waals surface area contributed by atoms with Gasteiger partial charge in [-0.3, -0.25) is 0 Å². The molecule has 0 aliphatic carbocycles. The first-order chi connectivity index (χ1) is 12.9. The van der Waals surface area contributed by atoms with Crippen molar-refractivity contribution >= 4 is 11.3 Å². The molecule has 0 saturated carbocycles. The number of nitrogens with one attached hydrogen (secondary N) is 1. The van der Waals surface area contributed by atoms with Crippen molar-refractivity contribution in [3.8, 4) is 22.6 Å². The molecular weight excluding hydrogens is 334 g/mol. The van der Waals surface area contributed by atoms with Crippen molar-refractivity contribution in [2.75, 3.05) is 12.4 Å². The van der Waals surface area contributed by atoms with Crippen molar-refractivity contribution in [3.63, 3.8) is 0 Å². The van der Waals surface area contributed by atoms with Crippen molar-refractivity contribution in [2.45, 2.75) is 45.3 Å². The Morgan fingerprint density at radius 3 is 2.78 bits per heavy atom. The molecule has 1 unspecified atom stereocenters. The van der Waals surface area contributed by atoms with Gasteiger partial charge in [0.2, 0.25) is 0 Å². The summed E-state index contributed by atoms with van der Waals surface area (Å²) < 4.78 is 12.2. The van der Waals surface area contributed by atoms with Gasteiger partial charge in [0, 0.05) is 16.8 Å². The quantitative estimate of drug-likeness (QED) is 0.642. The van der Waals surface area contributed by atoms with Crippen LogP contribution in [0.2, 0.25) is 0 Å². The molecule has 2 aliphatic rings. The number of benzene rings is 2. The van der Waals surface area contributed by atoms with Crippen LogP contribution in [-0.4, -0.2) is 12.6 Å². The molecule has 3 nitrogen and oxygen atoms in total. The number of fused-ring (bicyclic) bond motifs is 5. The molecule has 0 spiro atoms. The zero-order valence-electron chi connectivity index (χ0n) is 16.6. The van der Waals surface area contributed by atoms with Gasteiger partial charge in [-0.1, -0.05) is 24.3 Å². The monoisotopic (exact) mass is 361 g/mol. The Morgan fingerprint density at radius 1 is 1.22 bits per heavy atom. The van der Waals surface area contributed by atoms with Gasteiger partial charge < -0.3 is 14.8 Å². The van der Waals surface area contributed by atoms with Gasteiger partial charge in [-0.15, -0.1) is 6.58 Å². The normalized spacial score (nSPS) is 18.8. The van der Waals surface area contributed by atoms with Crippen LogP contribution in [-0.2, 0) is 0 Å². The minimum absolute atomic E-state index is 0.00100. The van der Waals surface area contributed by atoms with Gasteiger partial charge in [-0.25, -0.2) is 0 Å². The third kappa shape index (κ3) is 2.91. The lowest BCUT2D eigenvalue weighted by Crippen LogP contribution is -2.32. The second kappa shape index (κ2) is 6.49. The van der Waals surface area contributed by atoms with E-state index in [0.29, 0.717) is 0 Å². The van der Waals surface area contributed by atoms with E-state index in [0.717, 1.165) is 29.9 Å². The van der Waals surface area contributed by atoms with Crippen LogP contribution < -0.4 is 14.8 Å². The molecule has 1 N–H and O–H groups in total. The van der Waals surface area contributed by atoms with Gasteiger partial charge in [0.05, 0.1) is 18.2 Å². The minimum Gasteiger partial charge on any atom is -0.496 e. The lowest BCUT2D eigenvalue weighted by atomic mass is 9.81. The fourth-order valence-electron chi connectivity index (χ4n) is 4.43. The van der Waals surface area contributed by atoms with E-state index in [1.807, 2.05) is 24.3 Å². The molecule has 2 heterocycles. The summed E-state index contributed by atoms with van der Waals surface area (Å²) in [5.41, 5.74) is 7.16. The number of allylic oxidation sites excluding steroid dienone is 2. The first-order valence-corrected chi connectivity index (χ1v) is 9.55. The molecule has 2 aliphatic heterocycles. The van der Waals surface area contributed by atoms with E-state index in [4.69, 9.17) is 9.47 Å². The van der Waals surface area contributed by atoms with E-state index >= 15 is 0 Å². The van der Waals surface area contributed by atoms with E-state index < -0.39 is 0 Å². The molecule has 2 aromatic rings. The highest BCUT2D eigenvalue weighted by Crippen LogP contribution is 2.52. The molecule has 0 bridgehead atoms. The van der Waals surface area contributed by atoms with Gasteiger partial charge in [0.1, 0.15) is 17.6 Å². The Balaban J connectivity index is 1.98. The average Bonchev–Trinajstić information content (AvgIpc) is 2.63. The van der Waals surface area contributed by atoms with Crippen LogP contribution in [0.15, 0.2) is 49.1 Å². The van der Waals surface area contributed by atoms with Crippen molar-refractivity contribution in [1.29, 1.82) is 0 Å². The highest BCUT2D eigenvalue weighted by molar-refractivity contribution is 5.91. The topological polar surface area (TPSA) is 30.5 Å². The predicted molar refractivity (Wildman–Crippen MR) is 113 cm³/mol.